The minimum atomic E-state index is -3.26. The van der Waals surface area contributed by atoms with Gasteiger partial charge < -0.3 is 4.74 Å². The monoisotopic (exact) mass is 304 g/mol. The van der Waals surface area contributed by atoms with Gasteiger partial charge in [-0.3, -0.25) is 0 Å². The predicted molar refractivity (Wildman–Crippen MR) is 79.8 cm³/mol. The molecule has 0 aliphatic heterocycles. The summed E-state index contributed by atoms with van der Waals surface area (Å²) in [6.45, 7) is 1.79. The quantitative estimate of drug-likeness (QED) is 0.815. The molecule has 0 fully saturated rings. The van der Waals surface area contributed by atoms with Crippen molar-refractivity contribution in [2.45, 2.75) is 17.9 Å². The first-order valence-electron chi connectivity index (χ1n) is 6.44. The highest BCUT2D eigenvalue weighted by atomic mass is 32.2. The number of esters is 1. The lowest BCUT2D eigenvalue weighted by Gasteiger charge is -2.13. The average Bonchev–Trinajstić information content (AvgIpc) is 2.47. The average molecular weight is 304 g/mol. The zero-order chi connectivity index (χ0) is 15.5. The molecule has 0 bridgehead atoms. The van der Waals surface area contributed by atoms with E-state index in [1.54, 1.807) is 6.92 Å². The molecule has 1 atom stereocenters. The van der Waals surface area contributed by atoms with Crippen molar-refractivity contribution in [3.05, 3.63) is 65.7 Å². The second kappa shape index (κ2) is 6.10. The molecule has 0 radical (unpaired) electrons. The standard InChI is InChI=1S/C16H16O4S/c1-12(13-6-4-3-5-7-13)20-16(17)14-8-10-15(11-9-14)21(2,18)19/h3-12H,1-2H3/t12-/m1/s1. The van der Waals surface area contributed by atoms with Crippen molar-refractivity contribution in [2.24, 2.45) is 0 Å². The molecule has 2 aromatic rings. The second-order valence-electron chi connectivity index (χ2n) is 4.75. The van der Waals surface area contributed by atoms with Crippen LogP contribution < -0.4 is 0 Å². The molecular formula is C16H16O4S. The van der Waals surface area contributed by atoms with Gasteiger partial charge in [-0.2, -0.15) is 0 Å². The van der Waals surface area contributed by atoms with Crippen LogP contribution >= 0.6 is 0 Å². The van der Waals surface area contributed by atoms with Crippen molar-refractivity contribution in [1.29, 1.82) is 0 Å². The molecule has 0 aliphatic rings. The summed E-state index contributed by atoms with van der Waals surface area (Å²) in [5.74, 6) is -0.480. The summed E-state index contributed by atoms with van der Waals surface area (Å²) >= 11 is 0. The Morgan fingerprint density at radius 1 is 1.00 bits per heavy atom. The number of hydrogen-bond acceptors (Lipinski definition) is 4. The molecule has 0 saturated heterocycles. The summed E-state index contributed by atoms with van der Waals surface area (Å²) in [6, 6.07) is 15.1. The Balaban J connectivity index is 2.11. The van der Waals surface area contributed by atoms with E-state index in [1.807, 2.05) is 30.3 Å². The molecule has 0 unspecified atom stereocenters. The van der Waals surface area contributed by atoms with Gasteiger partial charge in [-0.15, -0.1) is 0 Å². The van der Waals surface area contributed by atoms with Crippen LogP contribution in [0.1, 0.15) is 28.9 Å². The molecule has 0 amide bonds. The molecule has 0 aliphatic carbocycles. The Labute approximate surface area is 124 Å². The summed E-state index contributed by atoms with van der Waals surface area (Å²) in [6.07, 6.45) is 0.755. The first kappa shape index (κ1) is 15.3. The van der Waals surface area contributed by atoms with Crippen molar-refractivity contribution in [3.8, 4) is 0 Å². The van der Waals surface area contributed by atoms with Crippen molar-refractivity contribution >= 4 is 15.8 Å². The molecule has 0 saturated carbocycles. The van der Waals surface area contributed by atoms with E-state index < -0.39 is 15.8 Å². The van der Waals surface area contributed by atoms with Gasteiger partial charge >= 0.3 is 5.97 Å². The van der Waals surface area contributed by atoms with Gasteiger partial charge in [0.25, 0.3) is 0 Å². The fourth-order valence-corrected chi connectivity index (χ4v) is 2.49. The third-order valence-electron chi connectivity index (χ3n) is 3.07. The van der Waals surface area contributed by atoms with Crippen LogP contribution in [-0.2, 0) is 14.6 Å². The maximum Gasteiger partial charge on any atom is 0.338 e. The number of hydrogen-bond donors (Lipinski definition) is 0. The molecule has 0 N–H and O–H groups in total. The molecule has 5 heteroatoms. The van der Waals surface area contributed by atoms with Crippen molar-refractivity contribution in [3.63, 3.8) is 0 Å². The maximum absolute atomic E-state index is 12.0. The van der Waals surface area contributed by atoms with Crippen molar-refractivity contribution < 1.29 is 17.9 Å². The van der Waals surface area contributed by atoms with Crippen LogP contribution in [0.5, 0.6) is 0 Å². The Morgan fingerprint density at radius 3 is 2.10 bits per heavy atom. The highest BCUT2D eigenvalue weighted by Gasteiger charge is 2.14. The largest absolute Gasteiger partial charge is 0.454 e. The van der Waals surface area contributed by atoms with E-state index in [0.717, 1.165) is 11.8 Å². The molecule has 2 aromatic carbocycles. The number of sulfone groups is 1. The molecule has 0 spiro atoms. The van der Waals surface area contributed by atoms with Crippen LogP contribution in [0, 0.1) is 0 Å². The fraction of sp³-hybridized carbons (Fsp3) is 0.188. The lowest BCUT2D eigenvalue weighted by molar-refractivity contribution is 0.0338. The summed E-state index contributed by atoms with van der Waals surface area (Å²) in [5.41, 5.74) is 1.23. The summed E-state index contributed by atoms with van der Waals surface area (Å²) in [4.78, 5) is 12.2. The number of benzene rings is 2. The van der Waals surface area contributed by atoms with E-state index in [-0.39, 0.29) is 11.0 Å². The molecule has 0 aromatic heterocycles. The zero-order valence-corrected chi connectivity index (χ0v) is 12.6. The number of carbonyl (C=O) groups is 1. The van der Waals surface area contributed by atoms with Gasteiger partial charge in [0.05, 0.1) is 10.5 Å². The Hall–Kier alpha value is -2.14. The number of rotatable bonds is 4. The van der Waals surface area contributed by atoms with Gasteiger partial charge in [0.2, 0.25) is 0 Å². The lowest BCUT2D eigenvalue weighted by atomic mass is 10.1. The third kappa shape index (κ3) is 3.92. The summed E-state index contributed by atoms with van der Waals surface area (Å²) in [5, 5.41) is 0. The van der Waals surface area contributed by atoms with E-state index in [0.29, 0.717) is 5.56 Å². The van der Waals surface area contributed by atoms with Crippen LogP contribution in [0.4, 0.5) is 0 Å². The van der Waals surface area contributed by atoms with Gasteiger partial charge in [0, 0.05) is 6.26 Å². The van der Waals surface area contributed by atoms with Crippen LogP contribution in [0.25, 0.3) is 0 Å². The molecule has 110 valence electrons. The minimum Gasteiger partial charge on any atom is -0.454 e. The number of ether oxygens (including phenoxy) is 1. The fourth-order valence-electron chi connectivity index (χ4n) is 1.86. The van der Waals surface area contributed by atoms with E-state index in [4.69, 9.17) is 4.74 Å². The highest BCUT2D eigenvalue weighted by Crippen LogP contribution is 2.19. The molecule has 2 rings (SSSR count). The smallest absolute Gasteiger partial charge is 0.338 e. The van der Waals surface area contributed by atoms with Crippen LogP contribution in [0.2, 0.25) is 0 Å². The van der Waals surface area contributed by atoms with Gasteiger partial charge in [-0.1, -0.05) is 30.3 Å². The van der Waals surface area contributed by atoms with Crippen LogP contribution in [-0.4, -0.2) is 20.6 Å². The zero-order valence-electron chi connectivity index (χ0n) is 11.8. The second-order valence-corrected chi connectivity index (χ2v) is 6.77. The first-order chi connectivity index (χ1) is 9.88. The summed E-state index contributed by atoms with van der Waals surface area (Å²) in [7, 11) is -3.26. The van der Waals surface area contributed by atoms with Crippen LogP contribution in [0.3, 0.4) is 0 Å². The minimum absolute atomic E-state index is 0.176. The topological polar surface area (TPSA) is 60.4 Å². The highest BCUT2D eigenvalue weighted by molar-refractivity contribution is 7.90. The SMILES string of the molecule is C[C@@H](OC(=O)c1ccc(S(C)(=O)=O)cc1)c1ccccc1. The van der Waals surface area contributed by atoms with E-state index >= 15 is 0 Å². The Morgan fingerprint density at radius 2 is 1.57 bits per heavy atom. The van der Waals surface area contributed by atoms with Gasteiger partial charge in [0.1, 0.15) is 6.10 Å². The van der Waals surface area contributed by atoms with Gasteiger partial charge in [-0.25, -0.2) is 13.2 Å². The van der Waals surface area contributed by atoms with Gasteiger partial charge in [0.15, 0.2) is 9.84 Å². The molecule has 0 heterocycles. The predicted octanol–water partition coefficient (Wildman–Crippen LogP) is 3.01. The van der Waals surface area contributed by atoms with E-state index in [1.165, 1.54) is 24.3 Å². The van der Waals surface area contributed by atoms with Gasteiger partial charge in [-0.05, 0) is 36.8 Å². The summed E-state index contributed by atoms with van der Waals surface area (Å²) < 4.78 is 28.1. The van der Waals surface area contributed by atoms with Crippen molar-refractivity contribution in [1.82, 2.24) is 0 Å². The van der Waals surface area contributed by atoms with E-state index in [9.17, 15) is 13.2 Å². The van der Waals surface area contributed by atoms with E-state index in [2.05, 4.69) is 0 Å². The van der Waals surface area contributed by atoms with Crippen LogP contribution in [0.15, 0.2) is 59.5 Å². The lowest BCUT2D eigenvalue weighted by Crippen LogP contribution is -2.09. The Bertz CT molecular complexity index is 719. The molecule has 4 nitrogen and oxygen atoms in total. The third-order valence-corrected chi connectivity index (χ3v) is 4.20. The number of carbonyl (C=O) groups excluding carboxylic acids is 1. The van der Waals surface area contributed by atoms with Crippen molar-refractivity contribution in [2.75, 3.05) is 6.26 Å². The first-order valence-corrected chi connectivity index (χ1v) is 8.33. The molecule has 21 heavy (non-hydrogen) atoms. The maximum atomic E-state index is 12.0. The normalized spacial score (nSPS) is 12.7. The Kier molecular flexibility index (Phi) is 4.43. The molecular weight excluding hydrogens is 288 g/mol.